The average molecular weight is 259 g/mol. The molecule has 1 saturated carbocycles. The van der Waals surface area contributed by atoms with E-state index in [1.165, 1.54) is 32.1 Å². The number of nitrogens with zero attached hydrogens (tertiary/aromatic N) is 2. The summed E-state index contributed by atoms with van der Waals surface area (Å²) < 4.78 is 1.85. The third-order valence-electron chi connectivity index (χ3n) is 4.18. The van der Waals surface area contributed by atoms with Crippen LogP contribution in [-0.2, 0) is 13.0 Å². The molecule has 2 aromatic rings. The standard InChI is InChI=1S/C15H21N3O/c1-2-13-16-12-8-9-18(15(19)14(12)17-13)10-11-6-4-3-5-7-11/h8-9,11H,2-7,10H2,1H3,(H,16,17). The minimum Gasteiger partial charge on any atom is -0.342 e. The normalized spacial score (nSPS) is 17.1. The number of hydrogen-bond acceptors (Lipinski definition) is 2. The second-order valence-corrected chi connectivity index (χ2v) is 5.58. The Kier molecular flexibility index (Phi) is 3.40. The summed E-state index contributed by atoms with van der Waals surface area (Å²) in [7, 11) is 0. The van der Waals surface area contributed by atoms with Gasteiger partial charge in [-0.05, 0) is 24.8 Å². The maximum atomic E-state index is 12.4. The summed E-state index contributed by atoms with van der Waals surface area (Å²) in [4.78, 5) is 20.0. The monoisotopic (exact) mass is 259 g/mol. The van der Waals surface area contributed by atoms with Crippen molar-refractivity contribution in [2.24, 2.45) is 5.92 Å². The molecule has 0 bridgehead atoms. The van der Waals surface area contributed by atoms with Gasteiger partial charge in [-0.1, -0.05) is 26.2 Å². The number of aromatic amines is 1. The highest BCUT2D eigenvalue weighted by Crippen LogP contribution is 2.24. The molecule has 0 spiro atoms. The molecule has 1 N–H and O–H groups in total. The molecule has 1 aliphatic carbocycles. The summed E-state index contributed by atoms with van der Waals surface area (Å²) in [6.45, 7) is 2.89. The van der Waals surface area contributed by atoms with Crippen LogP contribution in [0.1, 0.15) is 44.9 Å². The number of hydrogen-bond donors (Lipinski definition) is 1. The number of aryl methyl sites for hydroxylation is 1. The highest BCUT2D eigenvalue weighted by Gasteiger charge is 2.15. The largest absolute Gasteiger partial charge is 0.342 e. The molecule has 4 nitrogen and oxygen atoms in total. The molecule has 0 atom stereocenters. The summed E-state index contributed by atoms with van der Waals surface area (Å²) in [5.74, 6) is 1.55. The van der Waals surface area contributed by atoms with Gasteiger partial charge in [0.25, 0.3) is 5.56 Å². The molecule has 3 rings (SSSR count). The Morgan fingerprint density at radius 2 is 2.16 bits per heavy atom. The Morgan fingerprint density at radius 1 is 1.37 bits per heavy atom. The van der Waals surface area contributed by atoms with E-state index in [1.807, 2.05) is 23.8 Å². The van der Waals surface area contributed by atoms with Crippen molar-refractivity contribution < 1.29 is 0 Å². The maximum absolute atomic E-state index is 12.4. The molecular weight excluding hydrogens is 238 g/mol. The van der Waals surface area contributed by atoms with Crippen molar-refractivity contribution in [2.45, 2.75) is 52.0 Å². The molecule has 2 heterocycles. The topological polar surface area (TPSA) is 50.7 Å². The first kappa shape index (κ1) is 12.5. The molecular formula is C15H21N3O. The molecule has 0 unspecified atom stereocenters. The van der Waals surface area contributed by atoms with Gasteiger partial charge in [-0.25, -0.2) is 4.98 Å². The SMILES string of the molecule is CCc1nc2c(=O)n(CC3CCCCC3)ccc2[nH]1. The summed E-state index contributed by atoms with van der Waals surface area (Å²) in [5, 5.41) is 0. The van der Waals surface area contributed by atoms with Crippen molar-refractivity contribution in [1.82, 2.24) is 14.5 Å². The first-order chi connectivity index (χ1) is 9.28. The van der Waals surface area contributed by atoms with Gasteiger partial charge >= 0.3 is 0 Å². The Hall–Kier alpha value is -1.58. The summed E-state index contributed by atoms with van der Waals surface area (Å²) >= 11 is 0. The van der Waals surface area contributed by atoms with E-state index >= 15 is 0 Å². The lowest BCUT2D eigenvalue weighted by Crippen LogP contribution is -2.24. The van der Waals surface area contributed by atoms with Crippen molar-refractivity contribution in [3.8, 4) is 0 Å². The van der Waals surface area contributed by atoms with E-state index in [0.717, 1.165) is 24.3 Å². The Labute approximate surface area is 112 Å². The number of H-pyrrole nitrogens is 1. The van der Waals surface area contributed by atoms with Crippen molar-refractivity contribution >= 4 is 11.0 Å². The van der Waals surface area contributed by atoms with Crippen LogP contribution < -0.4 is 5.56 Å². The van der Waals surface area contributed by atoms with Crippen LogP contribution in [0.15, 0.2) is 17.1 Å². The zero-order chi connectivity index (χ0) is 13.2. The second kappa shape index (κ2) is 5.19. The fourth-order valence-electron chi connectivity index (χ4n) is 3.05. The van der Waals surface area contributed by atoms with Gasteiger partial charge < -0.3 is 9.55 Å². The minimum absolute atomic E-state index is 0.0547. The molecule has 0 saturated heterocycles. The molecule has 0 amide bonds. The Morgan fingerprint density at radius 3 is 2.89 bits per heavy atom. The first-order valence-corrected chi connectivity index (χ1v) is 7.36. The highest BCUT2D eigenvalue weighted by molar-refractivity contribution is 5.73. The first-order valence-electron chi connectivity index (χ1n) is 7.36. The molecule has 0 aliphatic heterocycles. The van der Waals surface area contributed by atoms with Crippen molar-refractivity contribution in [3.05, 3.63) is 28.4 Å². The second-order valence-electron chi connectivity index (χ2n) is 5.58. The summed E-state index contributed by atoms with van der Waals surface area (Å²) in [6, 6.07) is 1.98. The number of nitrogens with one attached hydrogen (secondary N) is 1. The zero-order valence-corrected chi connectivity index (χ0v) is 11.5. The van der Waals surface area contributed by atoms with E-state index < -0.39 is 0 Å². The fourth-order valence-corrected chi connectivity index (χ4v) is 3.05. The van der Waals surface area contributed by atoms with Gasteiger partial charge in [-0.15, -0.1) is 0 Å². The van der Waals surface area contributed by atoms with Crippen LogP contribution in [0.2, 0.25) is 0 Å². The summed E-state index contributed by atoms with van der Waals surface area (Å²) in [6.07, 6.45) is 9.22. The lowest BCUT2D eigenvalue weighted by atomic mass is 9.89. The van der Waals surface area contributed by atoms with Gasteiger partial charge in [0.15, 0.2) is 5.52 Å². The Bertz CT molecular complexity index is 620. The number of rotatable bonds is 3. The number of fused-ring (bicyclic) bond motifs is 1. The quantitative estimate of drug-likeness (QED) is 0.921. The number of imidazole rings is 1. The van der Waals surface area contributed by atoms with Crippen LogP contribution in [-0.4, -0.2) is 14.5 Å². The Balaban J connectivity index is 1.91. The third-order valence-corrected chi connectivity index (χ3v) is 4.18. The van der Waals surface area contributed by atoms with Crippen molar-refractivity contribution in [3.63, 3.8) is 0 Å². The van der Waals surface area contributed by atoms with Crippen LogP contribution >= 0.6 is 0 Å². The highest BCUT2D eigenvalue weighted by atomic mass is 16.1. The van der Waals surface area contributed by atoms with Crippen LogP contribution in [0.3, 0.4) is 0 Å². The van der Waals surface area contributed by atoms with Gasteiger partial charge in [-0.2, -0.15) is 0 Å². The van der Waals surface area contributed by atoms with E-state index in [1.54, 1.807) is 0 Å². The molecule has 0 radical (unpaired) electrons. The number of pyridine rings is 1. The van der Waals surface area contributed by atoms with Crippen LogP contribution in [0, 0.1) is 5.92 Å². The van der Waals surface area contributed by atoms with Gasteiger partial charge in [0.05, 0.1) is 5.52 Å². The van der Waals surface area contributed by atoms with Gasteiger partial charge in [-0.3, -0.25) is 4.79 Å². The van der Waals surface area contributed by atoms with Crippen LogP contribution in [0.25, 0.3) is 11.0 Å². The van der Waals surface area contributed by atoms with E-state index in [4.69, 9.17) is 0 Å². The lowest BCUT2D eigenvalue weighted by molar-refractivity contribution is 0.316. The average Bonchev–Trinajstić information content (AvgIpc) is 2.87. The van der Waals surface area contributed by atoms with E-state index in [-0.39, 0.29) is 5.56 Å². The van der Waals surface area contributed by atoms with E-state index in [0.29, 0.717) is 11.4 Å². The van der Waals surface area contributed by atoms with Crippen molar-refractivity contribution in [2.75, 3.05) is 0 Å². The van der Waals surface area contributed by atoms with Gasteiger partial charge in [0, 0.05) is 19.2 Å². The fraction of sp³-hybridized carbons (Fsp3) is 0.600. The van der Waals surface area contributed by atoms with Crippen LogP contribution in [0.5, 0.6) is 0 Å². The molecule has 1 fully saturated rings. The predicted molar refractivity (Wildman–Crippen MR) is 76.3 cm³/mol. The zero-order valence-electron chi connectivity index (χ0n) is 11.5. The molecule has 4 heteroatoms. The van der Waals surface area contributed by atoms with E-state index in [2.05, 4.69) is 9.97 Å². The molecule has 2 aromatic heterocycles. The lowest BCUT2D eigenvalue weighted by Gasteiger charge is -2.22. The smallest absolute Gasteiger partial charge is 0.278 e. The number of aromatic nitrogens is 3. The van der Waals surface area contributed by atoms with Gasteiger partial charge in [0.1, 0.15) is 5.82 Å². The van der Waals surface area contributed by atoms with Gasteiger partial charge in [0.2, 0.25) is 0 Å². The molecule has 1 aliphatic rings. The molecule has 19 heavy (non-hydrogen) atoms. The maximum Gasteiger partial charge on any atom is 0.278 e. The molecule has 102 valence electrons. The molecule has 0 aromatic carbocycles. The third kappa shape index (κ3) is 2.44. The van der Waals surface area contributed by atoms with Crippen LogP contribution in [0.4, 0.5) is 0 Å². The van der Waals surface area contributed by atoms with Crippen molar-refractivity contribution in [1.29, 1.82) is 0 Å². The summed E-state index contributed by atoms with van der Waals surface area (Å²) in [5.41, 5.74) is 1.51. The minimum atomic E-state index is 0.0547. The van der Waals surface area contributed by atoms with E-state index in [9.17, 15) is 4.79 Å². The predicted octanol–water partition coefficient (Wildman–Crippen LogP) is 2.87.